The van der Waals surface area contributed by atoms with Gasteiger partial charge in [0.25, 0.3) is 5.91 Å². The summed E-state index contributed by atoms with van der Waals surface area (Å²) in [6.07, 6.45) is 0.902. The van der Waals surface area contributed by atoms with Crippen LogP contribution < -0.4 is 10.9 Å². The van der Waals surface area contributed by atoms with Crippen LogP contribution in [0.3, 0.4) is 0 Å². The highest BCUT2D eigenvalue weighted by atomic mass is 16.2. The first-order chi connectivity index (χ1) is 9.31. The fourth-order valence-electron chi connectivity index (χ4n) is 1.92. The second-order valence-electron chi connectivity index (χ2n) is 4.34. The number of hydrogen-bond acceptors (Lipinski definition) is 2. The minimum absolute atomic E-state index is 0.116. The van der Waals surface area contributed by atoms with Crippen molar-refractivity contribution in [3.05, 3.63) is 71.8 Å². The van der Waals surface area contributed by atoms with Crippen LogP contribution in [-0.4, -0.2) is 5.91 Å². The third-order valence-corrected chi connectivity index (χ3v) is 3.01. The van der Waals surface area contributed by atoms with Crippen LogP contribution in [0.1, 0.15) is 35.3 Å². The Balaban J connectivity index is 1.96. The van der Waals surface area contributed by atoms with Gasteiger partial charge in [0.1, 0.15) is 0 Å². The molecule has 19 heavy (non-hydrogen) atoms. The molecule has 3 heteroatoms. The highest BCUT2D eigenvalue weighted by Crippen LogP contribution is 2.14. The van der Waals surface area contributed by atoms with E-state index in [0.29, 0.717) is 5.56 Å². The van der Waals surface area contributed by atoms with Crippen molar-refractivity contribution in [3.8, 4) is 0 Å². The lowest BCUT2D eigenvalue weighted by Crippen LogP contribution is -2.39. The second kappa shape index (κ2) is 6.71. The molecule has 98 valence electrons. The summed E-state index contributed by atoms with van der Waals surface area (Å²) in [6, 6.07) is 19.4. The third kappa shape index (κ3) is 3.66. The van der Waals surface area contributed by atoms with E-state index in [2.05, 4.69) is 29.9 Å². The molecule has 0 saturated carbocycles. The van der Waals surface area contributed by atoms with Crippen molar-refractivity contribution in [1.29, 1.82) is 0 Å². The zero-order chi connectivity index (χ0) is 13.5. The first kappa shape index (κ1) is 13.3. The molecule has 0 bridgehead atoms. The fraction of sp³-hybridized carbons (Fsp3) is 0.188. The SMILES string of the molecule is CC[C@@H](NNC(=O)c1ccccc1)c1ccccc1. The molecular weight excluding hydrogens is 236 g/mol. The molecule has 3 nitrogen and oxygen atoms in total. The van der Waals surface area contributed by atoms with E-state index in [1.807, 2.05) is 36.4 Å². The standard InChI is InChI=1S/C16H18N2O/c1-2-15(13-9-5-3-6-10-13)17-18-16(19)14-11-7-4-8-12-14/h3-12,15,17H,2H2,1H3,(H,18,19)/t15-/m1/s1. The van der Waals surface area contributed by atoms with E-state index in [9.17, 15) is 4.79 Å². The molecule has 2 aromatic carbocycles. The van der Waals surface area contributed by atoms with E-state index >= 15 is 0 Å². The van der Waals surface area contributed by atoms with Gasteiger partial charge in [-0.1, -0.05) is 55.5 Å². The maximum atomic E-state index is 11.9. The van der Waals surface area contributed by atoms with Crippen LogP contribution in [0.4, 0.5) is 0 Å². The average molecular weight is 254 g/mol. The Bertz CT molecular complexity index is 511. The number of carbonyl (C=O) groups excluding carboxylic acids is 1. The van der Waals surface area contributed by atoms with Crippen molar-refractivity contribution < 1.29 is 4.79 Å². The first-order valence-electron chi connectivity index (χ1n) is 6.47. The number of hydrazine groups is 1. The van der Waals surface area contributed by atoms with Crippen LogP contribution in [0, 0.1) is 0 Å². The van der Waals surface area contributed by atoms with Crippen LogP contribution in [0.15, 0.2) is 60.7 Å². The van der Waals surface area contributed by atoms with Crippen LogP contribution in [-0.2, 0) is 0 Å². The Morgan fingerprint density at radius 2 is 1.58 bits per heavy atom. The molecule has 1 atom stereocenters. The summed E-state index contributed by atoms with van der Waals surface area (Å²) in [5, 5.41) is 0. The van der Waals surface area contributed by atoms with Gasteiger partial charge in [-0.2, -0.15) is 0 Å². The topological polar surface area (TPSA) is 41.1 Å². The predicted molar refractivity (Wildman–Crippen MR) is 76.5 cm³/mol. The summed E-state index contributed by atoms with van der Waals surface area (Å²) in [5.74, 6) is -0.116. The monoisotopic (exact) mass is 254 g/mol. The molecule has 0 unspecified atom stereocenters. The minimum atomic E-state index is -0.116. The van der Waals surface area contributed by atoms with Gasteiger partial charge in [-0.25, -0.2) is 5.43 Å². The van der Waals surface area contributed by atoms with Gasteiger partial charge in [-0.15, -0.1) is 0 Å². The minimum Gasteiger partial charge on any atom is -0.287 e. The van der Waals surface area contributed by atoms with E-state index in [1.54, 1.807) is 12.1 Å². The van der Waals surface area contributed by atoms with E-state index in [0.717, 1.165) is 6.42 Å². The highest BCUT2D eigenvalue weighted by Gasteiger charge is 2.10. The Hall–Kier alpha value is -2.13. The summed E-state index contributed by atoms with van der Waals surface area (Å²) in [6.45, 7) is 2.08. The summed E-state index contributed by atoms with van der Waals surface area (Å²) in [7, 11) is 0. The molecule has 2 rings (SSSR count). The summed E-state index contributed by atoms with van der Waals surface area (Å²) in [4.78, 5) is 11.9. The summed E-state index contributed by atoms with van der Waals surface area (Å²) in [5.41, 5.74) is 7.66. The quantitative estimate of drug-likeness (QED) is 0.805. The highest BCUT2D eigenvalue weighted by molar-refractivity contribution is 5.93. The van der Waals surface area contributed by atoms with Gasteiger partial charge in [0.05, 0.1) is 6.04 Å². The largest absolute Gasteiger partial charge is 0.287 e. The van der Waals surface area contributed by atoms with Gasteiger partial charge in [0.15, 0.2) is 0 Å². The van der Waals surface area contributed by atoms with Gasteiger partial charge in [0.2, 0.25) is 0 Å². The second-order valence-corrected chi connectivity index (χ2v) is 4.34. The van der Waals surface area contributed by atoms with Crippen molar-refractivity contribution in [2.75, 3.05) is 0 Å². The zero-order valence-corrected chi connectivity index (χ0v) is 11.0. The van der Waals surface area contributed by atoms with Crippen LogP contribution in [0.25, 0.3) is 0 Å². The first-order valence-corrected chi connectivity index (χ1v) is 6.47. The van der Waals surface area contributed by atoms with Crippen LogP contribution >= 0.6 is 0 Å². The lowest BCUT2D eigenvalue weighted by atomic mass is 10.1. The Morgan fingerprint density at radius 3 is 2.16 bits per heavy atom. The van der Waals surface area contributed by atoms with Gasteiger partial charge in [0, 0.05) is 5.56 Å². The predicted octanol–water partition coefficient (Wildman–Crippen LogP) is 3.07. The lowest BCUT2D eigenvalue weighted by molar-refractivity contribution is 0.0924. The summed E-state index contributed by atoms with van der Waals surface area (Å²) >= 11 is 0. The number of benzene rings is 2. The summed E-state index contributed by atoms with van der Waals surface area (Å²) < 4.78 is 0. The van der Waals surface area contributed by atoms with Crippen molar-refractivity contribution in [2.45, 2.75) is 19.4 Å². The number of hydrogen-bond donors (Lipinski definition) is 2. The Labute approximate surface area is 113 Å². The van der Waals surface area contributed by atoms with Gasteiger partial charge >= 0.3 is 0 Å². The molecule has 2 aromatic rings. The van der Waals surface area contributed by atoms with E-state index in [-0.39, 0.29) is 11.9 Å². The number of carbonyl (C=O) groups is 1. The Morgan fingerprint density at radius 1 is 1.00 bits per heavy atom. The molecule has 0 aliphatic heterocycles. The van der Waals surface area contributed by atoms with Gasteiger partial charge in [-0.3, -0.25) is 10.2 Å². The van der Waals surface area contributed by atoms with Gasteiger partial charge in [-0.05, 0) is 24.1 Å². The Kier molecular flexibility index (Phi) is 4.70. The molecule has 1 amide bonds. The molecule has 0 aromatic heterocycles. The molecule has 0 saturated heterocycles. The molecule has 2 N–H and O–H groups in total. The van der Waals surface area contributed by atoms with Crippen LogP contribution in [0.5, 0.6) is 0 Å². The molecule has 0 aliphatic carbocycles. The lowest BCUT2D eigenvalue weighted by Gasteiger charge is -2.18. The van der Waals surface area contributed by atoms with Crippen molar-refractivity contribution >= 4 is 5.91 Å². The molecule has 0 heterocycles. The van der Waals surface area contributed by atoms with Crippen molar-refractivity contribution in [2.24, 2.45) is 0 Å². The fourth-order valence-corrected chi connectivity index (χ4v) is 1.92. The molecular formula is C16H18N2O. The number of rotatable bonds is 5. The van der Waals surface area contributed by atoms with E-state index in [4.69, 9.17) is 0 Å². The van der Waals surface area contributed by atoms with E-state index in [1.165, 1.54) is 5.56 Å². The molecule has 0 aliphatic rings. The maximum absolute atomic E-state index is 11.9. The third-order valence-electron chi connectivity index (χ3n) is 3.01. The molecule has 0 spiro atoms. The van der Waals surface area contributed by atoms with Crippen molar-refractivity contribution in [3.63, 3.8) is 0 Å². The zero-order valence-electron chi connectivity index (χ0n) is 11.0. The smallest absolute Gasteiger partial charge is 0.265 e. The number of nitrogens with one attached hydrogen (secondary N) is 2. The average Bonchev–Trinajstić information content (AvgIpc) is 2.49. The maximum Gasteiger partial charge on any atom is 0.265 e. The molecule has 0 radical (unpaired) electrons. The van der Waals surface area contributed by atoms with Gasteiger partial charge < -0.3 is 0 Å². The number of amides is 1. The molecule has 0 fully saturated rings. The van der Waals surface area contributed by atoms with Crippen LogP contribution in [0.2, 0.25) is 0 Å². The normalized spacial score (nSPS) is 11.8. The van der Waals surface area contributed by atoms with E-state index < -0.39 is 0 Å². The van der Waals surface area contributed by atoms with Crippen molar-refractivity contribution in [1.82, 2.24) is 10.9 Å².